The fraction of sp³-hybridized carbons (Fsp3) is 0.583. The quantitative estimate of drug-likeness (QED) is 0.405. The molecule has 1 aromatic rings. The number of aromatic nitrogens is 1. The first kappa shape index (κ1) is 13.9. The minimum absolute atomic E-state index is 0. The van der Waals surface area contributed by atoms with Gasteiger partial charge in [0.1, 0.15) is 6.54 Å². The smallest absolute Gasteiger partial charge is 0.178 e. The van der Waals surface area contributed by atoms with Gasteiger partial charge in [0.2, 0.25) is 0 Å². The molecule has 0 unspecified atom stereocenters. The molecule has 0 atom stereocenters. The van der Waals surface area contributed by atoms with Crippen LogP contribution in [-0.2, 0) is 6.54 Å². The Morgan fingerprint density at radius 3 is 2.57 bits per heavy atom. The molecule has 1 aromatic heterocycles. The maximum atomic E-state index is 2.33. The molecule has 0 amide bonds. The van der Waals surface area contributed by atoms with E-state index in [1.165, 1.54) is 37.9 Å². The van der Waals surface area contributed by atoms with E-state index in [4.69, 9.17) is 0 Å². The van der Waals surface area contributed by atoms with Gasteiger partial charge in [0.05, 0.1) is 0 Å². The van der Waals surface area contributed by atoms with E-state index in [1.807, 2.05) is 0 Å². The molecule has 0 aliphatic carbocycles. The van der Waals surface area contributed by atoms with Crippen LogP contribution in [-0.4, -0.2) is 0 Å². The van der Waals surface area contributed by atoms with Crippen LogP contribution < -0.4 is 28.5 Å². The molecule has 2 heteroatoms. The molecule has 0 radical (unpaired) electrons. The third-order valence-electron chi connectivity index (χ3n) is 2.42. The number of nitrogens with zero attached hydrogens (tertiary/aromatic N) is 1. The predicted molar refractivity (Wildman–Crippen MR) is 55.5 cm³/mol. The second-order valence-corrected chi connectivity index (χ2v) is 3.60. The summed E-state index contributed by atoms with van der Waals surface area (Å²) in [7, 11) is 0. The van der Waals surface area contributed by atoms with E-state index < -0.39 is 0 Å². The lowest BCUT2D eigenvalue weighted by Gasteiger charge is -1.99. The molecule has 1 heterocycles. The van der Waals surface area contributed by atoms with Gasteiger partial charge in [0, 0.05) is 25.5 Å². The normalized spacial score (nSPS) is 9.57. The molecule has 80 valence electrons. The zero-order valence-electron chi connectivity index (χ0n) is 9.17. The zero-order chi connectivity index (χ0) is 9.52. The number of pyridine rings is 1. The Bertz CT molecular complexity index is 248. The Morgan fingerprint density at radius 1 is 1.14 bits per heavy atom. The number of rotatable bonds is 5. The zero-order valence-corrected chi connectivity index (χ0v) is 11.3. The van der Waals surface area contributed by atoms with E-state index >= 15 is 0 Å². The molecule has 0 saturated carbocycles. The van der Waals surface area contributed by atoms with E-state index in [0.717, 1.165) is 0 Å². The molecule has 0 fully saturated rings. The first-order chi connectivity index (χ1) is 6.34. The van der Waals surface area contributed by atoms with Gasteiger partial charge in [-0.05, 0) is 6.42 Å². The van der Waals surface area contributed by atoms with Crippen molar-refractivity contribution >= 4 is 0 Å². The second kappa shape index (κ2) is 8.21. The van der Waals surface area contributed by atoms with Gasteiger partial charge in [-0.15, -0.1) is 0 Å². The minimum Gasteiger partial charge on any atom is -1.00 e. The van der Waals surface area contributed by atoms with Gasteiger partial charge in [-0.2, -0.15) is 0 Å². The summed E-state index contributed by atoms with van der Waals surface area (Å²) in [6, 6.07) is 6.37. The lowest BCUT2D eigenvalue weighted by molar-refractivity contribution is -0.703. The van der Waals surface area contributed by atoms with Crippen molar-refractivity contribution in [2.24, 2.45) is 0 Å². The lowest BCUT2D eigenvalue weighted by atomic mass is 10.2. The Kier molecular flexibility index (Phi) is 8.14. The van der Waals surface area contributed by atoms with Crippen LogP contribution in [0.5, 0.6) is 0 Å². The third kappa shape index (κ3) is 4.94. The SMILES string of the molecule is CCCCCC[n+]1ccccc1C.[I-]. The summed E-state index contributed by atoms with van der Waals surface area (Å²) in [4.78, 5) is 0. The van der Waals surface area contributed by atoms with Gasteiger partial charge in [0.25, 0.3) is 0 Å². The Balaban J connectivity index is 0.00000169. The highest BCUT2D eigenvalue weighted by atomic mass is 127. The molecule has 1 nitrogen and oxygen atoms in total. The molecule has 0 saturated heterocycles. The largest absolute Gasteiger partial charge is 1.00 e. The van der Waals surface area contributed by atoms with Crippen molar-refractivity contribution in [2.75, 3.05) is 0 Å². The van der Waals surface area contributed by atoms with Crippen LogP contribution in [0.15, 0.2) is 24.4 Å². The van der Waals surface area contributed by atoms with Crippen LogP contribution in [0.2, 0.25) is 0 Å². The van der Waals surface area contributed by atoms with Crippen LogP contribution in [0.25, 0.3) is 0 Å². The van der Waals surface area contributed by atoms with Crippen LogP contribution in [0.4, 0.5) is 0 Å². The number of hydrogen-bond donors (Lipinski definition) is 0. The second-order valence-electron chi connectivity index (χ2n) is 3.60. The maximum Gasteiger partial charge on any atom is 0.178 e. The van der Waals surface area contributed by atoms with E-state index in [2.05, 4.69) is 42.8 Å². The molecule has 0 bridgehead atoms. The standard InChI is InChI=1S/C12H20N.HI/c1-3-4-5-7-10-13-11-8-6-9-12(13)2;/h6,8-9,11H,3-5,7,10H2,1-2H3;1H/q+1;/p-1. The number of hydrogen-bond acceptors (Lipinski definition) is 0. The molecular formula is C12H20IN. The number of aryl methyl sites for hydroxylation is 2. The van der Waals surface area contributed by atoms with Gasteiger partial charge < -0.3 is 24.0 Å². The first-order valence-corrected chi connectivity index (χ1v) is 5.29. The molecule has 0 aliphatic heterocycles. The Labute approximate surface area is 105 Å². The van der Waals surface area contributed by atoms with Gasteiger partial charge in [-0.1, -0.05) is 25.8 Å². The third-order valence-corrected chi connectivity index (χ3v) is 2.42. The molecule has 0 N–H and O–H groups in total. The van der Waals surface area contributed by atoms with Crippen LogP contribution >= 0.6 is 0 Å². The van der Waals surface area contributed by atoms with Crippen molar-refractivity contribution < 1.29 is 28.5 Å². The Hall–Kier alpha value is -0.120. The van der Waals surface area contributed by atoms with Gasteiger partial charge >= 0.3 is 0 Å². The van der Waals surface area contributed by atoms with E-state index in [0.29, 0.717) is 0 Å². The van der Waals surface area contributed by atoms with E-state index in [1.54, 1.807) is 0 Å². The highest BCUT2D eigenvalue weighted by Crippen LogP contribution is 1.99. The fourth-order valence-corrected chi connectivity index (χ4v) is 1.52. The topological polar surface area (TPSA) is 3.88 Å². The van der Waals surface area contributed by atoms with Crippen LogP contribution in [0.1, 0.15) is 38.3 Å². The molecule has 1 rings (SSSR count). The summed E-state index contributed by atoms with van der Waals surface area (Å²) in [5.74, 6) is 0. The molecule has 14 heavy (non-hydrogen) atoms. The molecular weight excluding hydrogens is 285 g/mol. The van der Waals surface area contributed by atoms with Gasteiger partial charge in [-0.3, -0.25) is 0 Å². The molecule has 0 aromatic carbocycles. The Morgan fingerprint density at radius 2 is 1.93 bits per heavy atom. The lowest BCUT2D eigenvalue weighted by Crippen LogP contribution is -3.00. The summed E-state index contributed by atoms with van der Waals surface area (Å²) in [5, 5.41) is 0. The summed E-state index contributed by atoms with van der Waals surface area (Å²) in [6.07, 6.45) is 7.52. The summed E-state index contributed by atoms with van der Waals surface area (Å²) in [5.41, 5.74) is 1.36. The van der Waals surface area contributed by atoms with Gasteiger partial charge in [-0.25, -0.2) is 4.57 Å². The highest BCUT2D eigenvalue weighted by molar-refractivity contribution is 4.93. The summed E-state index contributed by atoms with van der Waals surface area (Å²) >= 11 is 0. The monoisotopic (exact) mass is 305 g/mol. The minimum atomic E-state index is 0. The average molecular weight is 305 g/mol. The van der Waals surface area contributed by atoms with Crippen molar-refractivity contribution in [2.45, 2.75) is 46.1 Å². The summed E-state index contributed by atoms with van der Waals surface area (Å²) in [6.45, 7) is 5.59. The van der Waals surface area contributed by atoms with Crippen molar-refractivity contribution in [3.63, 3.8) is 0 Å². The highest BCUT2D eigenvalue weighted by Gasteiger charge is 2.02. The average Bonchev–Trinajstić information content (AvgIpc) is 2.15. The molecule has 0 aliphatic rings. The van der Waals surface area contributed by atoms with Crippen molar-refractivity contribution in [3.8, 4) is 0 Å². The van der Waals surface area contributed by atoms with Crippen LogP contribution in [0, 0.1) is 6.92 Å². The van der Waals surface area contributed by atoms with Crippen molar-refractivity contribution in [1.29, 1.82) is 0 Å². The maximum absolute atomic E-state index is 2.33. The first-order valence-electron chi connectivity index (χ1n) is 5.29. The predicted octanol–water partition coefficient (Wildman–Crippen LogP) is -0.133. The number of unbranched alkanes of at least 4 members (excludes halogenated alkanes) is 3. The van der Waals surface area contributed by atoms with Crippen LogP contribution in [0.3, 0.4) is 0 Å². The van der Waals surface area contributed by atoms with E-state index in [-0.39, 0.29) is 24.0 Å². The van der Waals surface area contributed by atoms with Crippen molar-refractivity contribution in [3.05, 3.63) is 30.1 Å². The van der Waals surface area contributed by atoms with Gasteiger partial charge in [0.15, 0.2) is 11.9 Å². The fourth-order valence-electron chi connectivity index (χ4n) is 1.52. The van der Waals surface area contributed by atoms with Crippen molar-refractivity contribution in [1.82, 2.24) is 0 Å². The summed E-state index contributed by atoms with van der Waals surface area (Å²) < 4.78 is 2.33. The number of halogens is 1. The molecule has 0 spiro atoms. The van der Waals surface area contributed by atoms with E-state index in [9.17, 15) is 0 Å².